The highest BCUT2D eigenvalue weighted by Crippen LogP contribution is 2.32. The van der Waals surface area contributed by atoms with Crippen molar-refractivity contribution in [2.24, 2.45) is 0 Å². The third-order valence-electron chi connectivity index (χ3n) is 4.64. The summed E-state index contributed by atoms with van der Waals surface area (Å²) in [4.78, 5) is 21.4. The van der Waals surface area contributed by atoms with E-state index in [1.165, 1.54) is 23.4 Å². The number of carboxylic acid groups (broad SMARTS) is 1. The van der Waals surface area contributed by atoms with E-state index in [0.717, 1.165) is 39.4 Å². The zero-order valence-corrected chi connectivity index (χ0v) is 18.3. The van der Waals surface area contributed by atoms with Crippen molar-refractivity contribution in [2.45, 2.75) is 32.7 Å². The number of nitrogens with zero attached hydrogens (tertiary/aromatic N) is 3. The first-order valence-electron chi connectivity index (χ1n) is 9.15. The van der Waals surface area contributed by atoms with Gasteiger partial charge in [0, 0.05) is 29.0 Å². The summed E-state index contributed by atoms with van der Waals surface area (Å²) in [5, 5.41) is 11.6. The fraction of sp³-hybridized carbons (Fsp3) is 0.350. The van der Waals surface area contributed by atoms with Gasteiger partial charge in [0.25, 0.3) is 6.47 Å². The fourth-order valence-electron chi connectivity index (χ4n) is 3.35. The second kappa shape index (κ2) is 9.34. The number of anilines is 2. The summed E-state index contributed by atoms with van der Waals surface area (Å²) >= 11 is 5.29. The predicted molar refractivity (Wildman–Crippen MR) is 118 cm³/mol. The van der Waals surface area contributed by atoms with Crippen LogP contribution in [0, 0.1) is 6.92 Å². The van der Waals surface area contributed by atoms with Gasteiger partial charge < -0.3 is 15.3 Å². The topological polar surface area (TPSA) is 78.4 Å². The second-order valence-electron chi connectivity index (χ2n) is 6.63. The van der Waals surface area contributed by atoms with Crippen LogP contribution in [0.4, 0.5) is 11.5 Å². The Morgan fingerprint density at radius 1 is 1.25 bits per heavy atom. The third kappa shape index (κ3) is 4.80. The summed E-state index contributed by atoms with van der Waals surface area (Å²) < 4.78 is 1.15. The molecule has 2 N–H and O–H groups in total. The van der Waals surface area contributed by atoms with Gasteiger partial charge in [-0.2, -0.15) is 0 Å². The summed E-state index contributed by atoms with van der Waals surface area (Å²) in [6.07, 6.45) is 2.55. The van der Waals surface area contributed by atoms with Gasteiger partial charge in [-0.1, -0.05) is 0 Å². The molecular formula is C20H23BrN4O2S. The summed E-state index contributed by atoms with van der Waals surface area (Å²) in [7, 11) is 0. The molecule has 0 amide bonds. The Kier molecular flexibility index (Phi) is 6.85. The van der Waals surface area contributed by atoms with Crippen molar-refractivity contribution >= 4 is 56.1 Å². The molecule has 1 aliphatic heterocycles. The molecular weight excluding hydrogens is 440 g/mol. The molecule has 1 aromatic carbocycles. The van der Waals surface area contributed by atoms with Crippen LogP contribution in [0.15, 0.2) is 34.1 Å². The molecule has 0 radical (unpaired) electrons. The monoisotopic (exact) mass is 462 g/mol. The minimum atomic E-state index is -0.250. The van der Waals surface area contributed by atoms with E-state index in [1.54, 1.807) is 11.3 Å². The van der Waals surface area contributed by atoms with E-state index >= 15 is 0 Å². The largest absolute Gasteiger partial charge is 0.483 e. The van der Waals surface area contributed by atoms with E-state index < -0.39 is 0 Å². The molecule has 0 saturated carbocycles. The maximum Gasteiger partial charge on any atom is 0.290 e. The zero-order chi connectivity index (χ0) is 20.1. The lowest BCUT2D eigenvalue weighted by Gasteiger charge is -2.20. The number of fused-ring (bicyclic) bond motifs is 1. The molecule has 1 saturated heterocycles. The third-order valence-corrected chi connectivity index (χ3v) is 6.44. The minimum Gasteiger partial charge on any atom is -0.483 e. The predicted octanol–water partition coefficient (Wildman–Crippen LogP) is 5.24. The Labute approximate surface area is 176 Å². The van der Waals surface area contributed by atoms with Gasteiger partial charge >= 0.3 is 0 Å². The van der Waals surface area contributed by atoms with Crippen molar-refractivity contribution in [1.29, 1.82) is 0 Å². The molecule has 0 bridgehead atoms. The summed E-state index contributed by atoms with van der Waals surface area (Å²) in [6.45, 7) is 6.15. The molecule has 2 aromatic heterocycles. The van der Waals surface area contributed by atoms with Gasteiger partial charge in [0.1, 0.15) is 11.6 Å². The number of hydrogen-bond donors (Lipinski definition) is 2. The van der Waals surface area contributed by atoms with E-state index in [-0.39, 0.29) is 12.5 Å². The normalized spacial score (nSPS) is 14.5. The zero-order valence-electron chi connectivity index (χ0n) is 15.9. The second-order valence-corrected chi connectivity index (χ2v) is 9.12. The van der Waals surface area contributed by atoms with Crippen molar-refractivity contribution < 1.29 is 9.90 Å². The highest BCUT2D eigenvalue weighted by molar-refractivity contribution is 9.11. The fourth-order valence-corrected chi connectivity index (χ4v) is 4.78. The number of carbonyl (C=O) groups is 1. The number of hydrogen-bond acceptors (Lipinski definition) is 6. The van der Waals surface area contributed by atoms with Crippen LogP contribution in [0.2, 0.25) is 0 Å². The molecule has 0 spiro atoms. The Morgan fingerprint density at radius 2 is 1.96 bits per heavy atom. The number of aryl methyl sites for hydroxylation is 1. The number of thiophene rings is 1. The van der Waals surface area contributed by atoms with Crippen LogP contribution in [-0.2, 0) is 4.79 Å². The summed E-state index contributed by atoms with van der Waals surface area (Å²) in [5.41, 5.74) is 2.27. The quantitative estimate of drug-likeness (QED) is 0.516. The number of nitrogens with one attached hydrogen (secondary N) is 1. The highest BCUT2D eigenvalue weighted by atomic mass is 79.9. The molecule has 1 fully saturated rings. The van der Waals surface area contributed by atoms with E-state index in [1.807, 2.05) is 6.92 Å². The summed E-state index contributed by atoms with van der Waals surface area (Å²) in [5.74, 6) is 1.71. The van der Waals surface area contributed by atoms with E-state index in [9.17, 15) is 0 Å². The van der Waals surface area contributed by atoms with Gasteiger partial charge in [0.2, 0.25) is 0 Å². The smallest absolute Gasteiger partial charge is 0.290 e. The van der Waals surface area contributed by atoms with Crippen LogP contribution >= 0.6 is 27.3 Å². The number of rotatable bonds is 4. The van der Waals surface area contributed by atoms with Gasteiger partial charge in [-0.3, -0.25) is 4.79 Å². The highest BCUT2D eigenvalue weighted by Gasteiger charge is 2.16. The first-order valence-corrected chi connectivity index (χ1v) is 10.8. The summed E-state index contributed by atoms with van der Waals surface area (Å²) in [6, 6.07) is 11.0. The van der Waals surface area contributed by atoms with Crippen molar-refractivity contribution in [1.82, 2.24) is 9.97 Å². The average Bonchev–Trinajstić information content (AvgIpc) is 3.34. The minimum absolute atomic E-state index is 0.198. The lowest BCUT2D eigenvalue weighted by atomic mass is 10.1. The van der Waals surface area contributed by atoms with Crippen LogP contribution < -0.4 is 10.2 Å². The van der Waals surface area contributed by atoms with Gasteiger partial charge in [0.05, 0.1) is 15.3 Å². The molecule has 3 heterocycles. The first kappa shape index (κ1) is 20.5. The molecule has 0 aliphatic carbocycles. The van der Waals surface area contributed by atoms with Crippen LogP contribution in [-0.4, -0.2) is 34.6 Å². The molecule has 6 nitrogen and oxygen atoms in total. The van der Waals surface area contributed by atoms with Crippen molar-refractivity contribution in [3.05, 3.63) is 44.8 Å². The maximum atomic E-state index is 8.36. The molecule has 1 unspecified atom stereocenters. The van der Waals surface area contributed by atoms with Gasteiger partial charge in [0.15, 0.2) is 0 Å². The van der Waals surface area contributed by atoms with Crippen LogP contribution in [0.3, 0.4) is 0 Å². The van der Waals surface area contributed by atoms with Crippen molar-refractivity contribution in [3.63, 3.8) is 0 Å². The number of aromatic nitrogens is 2. The van der Waals surface area contributed by atoms with E-state index in [4.69, 9.17) is 14.9 Å². The molecule has 8 heteroatoms. The first-order chi connectivity index (χ1) is 13.5. The standard InChI is InChI=1S/C19H21BrN4S.CH2O2/c1-12(17-7-8-18(20)25-17)21-19-15-11-14(24-9-3-4-10-24)5-6-16(15)22-13(2)23-19;2-1-3/h5-8,11-12H,3-4,9-10H2,1-2H3,(H,21,22,23);1H,(H,2,3). The van der Waals surface area contributed by atoms with Crippen molar-refractivity contribution in [3.8, 4) is 0 Å². The van der Waals surface area contributed by atoms with Crippen LogP contribution in [0.1, 0.15) is 36.5 Å². The van der Waals surface area contributed by atoms with Gasteiger partial charge in [-0.05, 0) is 73.0 Å². The number of benzene rings is 1. The van der Waals surface area contributed by atoms with E-state index in [0.29, 0.717) is 0 Å². The Morgan fingerprint density at radius 3 is 2.61 bits per heavy atom. The molecule has 3 aromatic rings. The molecule has 1 aliphatic rings. The molecule has 28 heavy (non-hydrogen) atoms. The molecule has 4 rings (SSSR count). The molecule has 1 atom stereocenters. The maximum absolute atomic E-state index is 8.36. The lowest BCUT2D eigenvalue weighted by molar-refractivity contribution is -0.122. The van der Waals surface area contributed by atoms with Crippen molar-refractivity contribution in [2.75, 3.05) is 23.3 Å². The SMILES string of the molecule is Cc1nc(NC(C)c2ccc(Br)s2)c2cc(N3CCCC3)ccc2n1.O=CO. The van der Waals surface area contributed by atoms with Crippen LogP contribution in [0.25, 0.3) is 10.9 Å². The molecule has 148 valence electrons. The van der Waals surface area contributed by atoms with Gasteiger partial charge in [-0.25, -0.2) is 9.97 Å². The lowest BCUT2D eigenvalue weighted by Crippen LogP contribution is -2.17. The van der Waals surface area contributed by atoms with Crippen LogP contribution in [0.5, 0.6) is 0 Å². The Bertz CT molecular complexity index is 957. The average molecular weight is 463 g/mol. The van der Waals surface area contributed by atoms with Gasteiger partial charge in [-0.15, -0.1) is 11.3 Å². The Hall–Kier alpha value is -2.19. The number of halogens is 1. The van der Waals surface area contributed by atoms with E-state index in [2.05, 4.69) is 68.4 Å². The Balaban J connectivity index is 0.000000706.